The van der Waals surface area contributed by atoms with Gasteiger partial charge < -0.3 is 10.4 Å². The quantitative estimate of drug-likeness (QED) is 0.838. The van der Waals surface area contributed by atoms with Gasteiger partial charge in [0, 0.05) is 27.8 Å². The van der Waals surface area contributed by atoms with Crippen molar-refractivity contribution < 1.29 is 5.11 Å². The Balaban J connectivity index is 2.56. The van der Waals surface area contributed by atoms with Gasteiger partial charge in [-0.05, 0) is 40.5 Å². The predicted octanol–water partition coefficient (Wildman–Crippen LogP) is 3.01. The van der Waals surface area contributed by atoms with Gasteiger partial charge in [0.1, 0.15) is 0 Å². The smallest absolute Gasteiger partial charge is 0.0485 e. The summed E-state index contributed by atoms with van der Waals surface area (Å²) in [5.74, 6) is 0. The molecule has 0 atom stereocenters. The lowest BCUT2D eigenvalue weighted by Crippen LogP contribution is -2.03. The first-order valence-corrected chi connectivity index (χ1v) is 5.62. The normalized spacial score (nSPS) is 10.1. The van der Waals surface area contributed by atoms with Crippen LogP contribution in [0.25, 0.3) is 0 Å². The monoisotopic (exact) mass is 307 g/mol. The summed E-state index contributed by atoms with van der Waals surface area (Å²) in [5.41, 5.74) is 1.05. The molecule has 1 aromatic carbocycles. The first-order chi connectivity index (χ1) is 6.24. The molecule has 1 aromatic rings. The van der Waals surface area contributed by atoms with Crippen LogP contribution in [-0.4, -0.2) is 18.3 Å². The molecule has 0 fully saturated rings. The number of rotatable bonds is 4. The van der Waals surface area contributed by atoms with Crippen molar-refractivity contribution in [2.75, 3.05) is 18.5 Å². The Morgan fingerprint density at radius 2 is 2.08 bits per heavy atom. The molecule has 0 aliphatic rings. The first kappa shape index (κ1) is 11.0. The van der Waals surface area contributed by atoms with Crippen molar-refractivity contribution in [2.45, 2.75) is 6.42 Å². The van der Waals surface area contributed by atoms with Gasteiger partial charge in [-0.2, -0.15) is 0 Å². The summed E-state index contributed by atoms with van der Waals surface area (Å²) in [6, 6.07) is 5.96. The first-order valence-electron chi connectivity index (χ1n) is 4.04. The third-order valence-corrected chi connectivity index (χ3v) is 2.73. The Labute approximate surface area is 94.6 Å². The van der Waals surface area contributed by atoms with Crippen molar-refractivity contribution in [1.29, 1.82) is 0 Å². The highest BCUT2D eigenvalue weighted by atomic mass is 79.9. The van der Waals surface area contributed by atoms with Crippen LogP contribution in [-0.2, 0) is 0 Å². The van der Waals surface area contributed by atoms with Crippen LogP contribution in [0.5, 0.6) is 0 Å². The summed E-state index contributed by atoms with van der Waals surface area (Å²) in [4.78, 5) is 0. The maximum absolute atomic E-state index is 8.60. The Kier molecular flexibility index (Phi) is 4.77. The van der Waals surface area contributed by atoms with Crippen LogP contribution in [0.4, 0.5) is 5.69 Å². The molecule has 0 aromatic heterocycles. The molecule has 2 nitrogen and oxygen atoms in total. The number of aliphatic hydroxyl groups excluding tert-OH is 1. The van der Waals surface area contributed by atoms with Crippen LogP contribution >= 0.6 is 31.9 Å². The lowest BCUT2D eigenvalue weighted by Gasteiger charge is -2.07. The molecule has 0 bridgehead atoms. The highest BCUT2D eigenvalue weighted by Crippen LogP contribution is 2.25. The molecule has 0 unspecified atom stereocenters. The van der Waals surface area contributed by atoms with Gasteiger partial charge in [-0.15, -0.1) is 0 Å². The molecule has 0 radical (unpaired) electrons. The maximum atomic E-state index is 8.60. The average molecular weight is 309 g/mol. The minimum Gasteiger partial charge on any atom is -0.396 e. The number of benzene rings is 1. The second kappa shape index (κ2) is 5.62. The fourth-order valence-electron chi connectivity index (χ4n) is 0.935. The van der Waals surface area contributed by atoms with Crippen LogP contribution in [0, 0.1) is 0 Å². The van der Waals surface area contributed by atoms with Crippen molar-refractivity contribution >= 4 is 37.5 Å². The van der Waals surface area contributed by atoms with Gasteiger partial charge in [-0.3, -0.25) is 0 Å². The zero-order valence-electron chi connectivity index (χ0n) is 7.06. The van der Waals surface area contributed by atoms with E-state index in [9.17, 15) is 0 Å². The standard InChI is InChI=1S/C9H11Br2NO/c10-7-2-3-9(8(11)6-7)12-4-1-5-13/h2-3,6,12-13H,1,4-5H2. The topological polar surface area (TPSA) is 32.3 Å². The third-order valence-electron chi connectivity index (χ3n) is 1.58. The highest BCUT2D eigenvalue weighted by molar-refractivity contribution is 9.11. The van der Waals surface area contributed by atoms with Gasteiger partial charge in [0.25, 0.3) is 0 Å². The summed E-state index contributed by atoms with van der Waals surface area (Å²) in [6.45, 7) is 1.01. The second-order valence-electron chi connectivity index (χ2n) is 2.63. The van der Waals surface area contributed by atoms with E-state index < -0.39 is 0 Å². The Hall–Kier alpha value is -0.0600. The maximum Gasteiger partial charge on any atom is 0.0485 e. The lowest BCUT2D eigenvalue weighted by molar-refractivity contribution is 0.292. The van der Waals surface area contributed by atoms with Gasteiger partial charge in [-0.25, -0.2) is 0 Å². The molecule has 0 saturated heterocycles. The predicted molar refractivity (Wildman–Crippen MR) is 62.0 cm³/mol. The number of aliphatic hydroxyl groups is 1. The van der Waals surface area contributed by atoms with E-state index in [1.54, 1.807) is 0 Å². The van der Waals surface area contributed by atoms with Crippen molar-refractivity contribution in [2.24, 2.45) is 0 Å². The van der Waals surface area contributed by atoms with Crippen LogP contribution in [0.1, 0.15) is 6.42 Å². The minimum atomic E-state index is 0.223. The SMILES string of the molecule is OCCCNc1ccc(Br)cc1Br. The zero-order valence-corrected chi connectivity index (χ0v) is 10.2. The van der Waals surface area contributed by atoms with Crippen molar-refractivity contribution in [3.05, 3.63) is 27.1 Å². The molecular formula is C9H11Br2NO. The van der Waals surface area contributed by atoms with E-state index in [2.05, 4.69) is 37.2 Å². The van der Waals surface area contributed by atoms with E-state index >= 15 is 0 Å². The molecule has 4 heteroatoms. The summed E-state index contributed by atoms with van der Waals surface area (Å²) < 4.78 is 2.08. The zero-order chi connectivity index (χ0) is 9.68. The van der Waals surface area contributed by atoms with Gasteiger partial charge >= 0.3 is 0 Å². The summed E-state index contributed by atoms with van der Waals surface area (Å²) >= 11 is 6.82. The fraction of sp³-hybridized carbons (Fsp3) is 0.333. The summed E-state index contributed by atoms with van der Waals surface area (Å²) in [6.07, 6.45) is 0.766. The fourth-order valence-corrected chi connectivity index (χ4v) is 2.12. The number of nitrogens with one attached hydrogen (secondary N) is 1. The third kappa shape index (κ3) is 3.67. The van der Waals surface area contributed by atoms with E-state index in [0.717, 1.165) is 27.6 Å². The average Bonchev–Trinajstić information content (AvgIpc) is 2.09. The number of hydrogen-bond donors (Lipinski definition) is 2. The Morgan fingerprint density at radius 1 is 1.31 bits per heavy atom. The molecule has 0 spiro atoms. The molecule has 0 amide bonds. The van der Waals surface area contributed by atoms with E-state index in [-0.39, 0.29) is 6.61 Å². The Bertz CT molecular complexity index is 278. The van der Waals surface area contributed by atoms with Crippen molar-refractivity contribution in [1.82, 2.24) is 0 Å². The summed E-state index contributed by atoms with van der Waals surface area (Å²) in [7, 11) is 0. The molecule has 0 aliphatic carbocycles. The van der Waals surface area contributed by atoms with Crippen LogP contribution in [0.3, 0.4) is 0 Å². The number of hydrogen-bond acceptors (Lipinski definition) is 2. The van der Waals surface area contributed by atoms with E-state index in [1.807, 2.05) is 18.2 Å². The highest BCUT2D eigenvalue weighted by Gasteiger charge is 1.98. The number of halogens is 2. The lowest BCUT2D eigenvalue weighted by atomic mass is 10.3. The molecule has 72 valence electrons. The molecule has 0 saturated carbocycles. The largest absolute Gasteiger partial charge is 0.396 e. The van der Waals surface area contributed by atoms with Crippen LogP contribution in [0.15, 0.2) is 27.1 Å². The van der Waals surface area contributed by atoms with Crippen molar-refractivity contribution in [3.8, 4) is 0 Å². The number of anilines is 1. The second-order valence-corrected chi connectivity index (χ2v) is 4.40. The van der Waals surface area contributed by atoms with E-state index in [1.165, 1.54) is 0 Å². The molecule has 2 N–H and O–H groups in total. The molecule has 13 heavy (non-hydrogen) atoms. The molecule has 0 aliphatic heterocycles. The van der Waals surface area contributed by atoms with Gasteiger partial charge in [0.15, 0.2) is 0 Å². The van der Waals surface area contributed by atoms with Gasteiger partial charge in [0.2, 0.25) is 0 Å². The van der Waals surface area contributed by atoms with Crippen LogP contribution < -0.4 is 5.32 Å². The Morgan fingerprint density at radius 3 is 2.69 bits per heavy atom. The van der Waals surface area contributed by atoms with Crippen LogP contribution in [0.2, 0.25) is 0 Å². The van der Waals surface area contributed by atoms with E-state index in [0.29, 0.717) is 0 Å². The molecular weight excluding hydrogens is 298 g/mol. The minimum absolute atomic E-state index is 0.223. The van der Waals surface area contributed by atoms with Crippen molar-refractivity contribution in [3.63, 3.8) is 0 Å². The van der Waals surface area contributed by atoms with Gasteiger partial charge in [0.05, 0.1) is 0 Å². The van der Waals surface area contributed by atoms with Gasteiger partial charge in [-0.1, -0.05) is 15.9 Å². The van der Waals surface area contributed by atoms with E-state index in [4.69, 9.17) is 5.11 Å². The summed E-state index contributed by atoms with van der Waals surface area (Å²) in [5, 5.41) is 11.8. The molecule has 1 rings (SSSR count). The molecule has 0 heterocycles.